The Kier molecular flexibility index (Phi) is 3.51. The number of hydrogen-bond donors (Lipinski definition) is 2. The molecule has 0 saturated carbocycles. The summed E-state index contributed by atoms with van der Waals surface area (Å²) in [6.07, 6.45) is 7.04. The van der Waals surface area contributed by atoms with E-state index in [4.69, 9.17) is 5.73 Å². The van der Waals surface area contributed by atoms with Gasteiger partial charge in [-0.2, -0.15) is 0 Å². The van der Waals surface area contributed by atoms with Crippen LogP contribution in [0.3, 0.4) is 0 Å². The van der Waals surface area contributed by atoms with Gasteiger partial charge < -0.3 is 20.3 Å². The molecule has 1 aliphatic heterocycles. The second-order valence-corrected chi connectivity index (χ2v) is 7.58. The molecule has 1 saturated heterocycles. The number of carbonyl (C=O) groups excluding carboxylic acids is 2. The van der Waals surface area contributed by atoms with Crippen molar-refractivity contribution in [3.63, 3.8) is 0 Å². The highest BCUT2D eigenvalue weighted by Crippen LogP contribution is 2.39. The van der Waals surface area contributed by atoms with Crippen molar-refractivity contribution >= 4 is 23.2 Å². The van der Waals surface area contributed by atoms with Gasteiger partial charge in [-0.1, -0.05) is 0 Å². The molecule has 1 aliphatic carbocycles. The van der Waals surface area contributed by atoms with Gasteiger partial charge in [0.05, 0.1) is 12.1 Å². The average Bonchev–Trinajstić information content (AvgIpc) is 3.29. The van der Waals surface area contributed by atoms with E-state index in [1.807, 2.05) is 29.1 Å². The van der Waals surface area contributed by atoms with Crippen LogP contribution in [0.4, 0.5) is 0 Å². The Labute approximate surface area is 143 Å². The van der Waals surface area contributed by atoms with Gasteiger partial charge in [-0.25, -0.2) is 0 Å². The Morgan fingerprint density at radius 2 is 2.00 bits per heavy atom. The zero-order chi connectivity index (χ0) is 16.9. The number of aliphatic hydroxyl groups is 1. The lowest BCUT2D eigenvalue weighted by molar-refractivity contribution is -0.134. The zero-order valence-corrected chi connectivity index (χ0v) is 14.0. The van der Waals surface area contributed by atoms with Crippen molar-refractivity contribution in [3.05, 3.63) is 40.5 Å². The number of β-amino-alcohol motifs (C(OH)–C–C–N with tert-alkyl or cyclic N) is 1. The number of fused-ring (bicyclic) bond motifs is 1. The van der Waals surface area contributed by atoms with E-state index in [2.05, 4.69) is 0 Å². The van der Waals surface area contributed by atoms with Crippen LogP contribution in [0.2, 0.25) is 0 Å². The first-order chi connectivity index (χ1) is 11.5. The molecule has 6 nitrogen and oxygen atoms in total. The smallest absolute Gasteiger partial charge is 0.257 e. The van der Waals surface area contributed by atoms with Gasteiger partial charge in [0.1, 0.15) is 5.00 Å². The van der Waals surface area contributed by atoms with Crippen LogP contribution in [-0.4, -0.2) is 45.1 Å². The number of nitrogens with zero attached hydrogens (tertiary/aromatic N) is 2. The summed E-state index contributed by atoms with van der Waals surface area (Å²) in [6.45, 7) is 0.310. The minimum Gasteiger partial charge on any atom is -0.378 e. The molecule has 2 amide bonds. The van der Waals surface area contributed by atoms with Crippen LogP contribution in [0.5, 0.6) is 0 Å². The number of rotatable bonds is 3. The van der Waals surface area contributed by atoms with E-state index < -0.39 is 11.5 Å². The van der Waals surface area contributed by atoms with Crippen molar-refractivity contribution in [2.45, 2.75) is 31.3 Å². The molecule has 1 atom stereocenters. The molecule has 4 rings (SSSR count). The molecule has 3 heterocycles. The molecule has 2 aromatic heterocycles. The van der Waals surface area contributed by atoms with Crippen molar-refractivity contribution in [2.24, 2.45) is 5.73 Å². The molecular formula is C17H19N3O3S. The summed E-state index contributed by atoms with van der Waals surface area (Å²) in [6, 6.07) is 3.86. The lowest BCUT2D eigenvalue weighted by atomic mass is 10.0. The standard InChI is InChI=1S/C17H19N3O3S/c18-16(22)17(23)6-9-20(10-17)14(21)13-11-4-3-5-12(11)24-15(13)19-7-1-2-8-19/h1-2,7-8,23H,3-6,9-10H2,(H2,18,22). The molecule has 1 unspecified atom stereocenters. The summed E-state index contributed by atoms with van der Waals surface area (Å²) < 4.78 is 1.96. The first kappa shape index (κ1) is 15.4. The molecule has 0 spiro atoms. The highest BCUT2D eigenvalue weighted by molar-refractivity contribution is 7.15. The largest absolute Gasteiger partial charge is 0.378 e. The molecule has 0 bridgehead atoms. The number of aryl methyl sites for hydroxylation is 1. The molecule has 24 heavy (non-hydrogen) atoms. The van der Waals surface area contributed by atoms with E-state index in [0.717, 1.165) is 35.4 Å². The van der Waals surface area contributed by atoms with E-state index in [1.165, 1.54) is 4.88 Å². The van der Waals surface area contributed by atoms with E-state index in [-0.39, 0.29) is 18.9 Å². The van der Waals surface area contributed by atoms with Gasteiger partial charge in [-0.3, -0.25) is 9.59 Å². The molecule has 0 aromatic carbocycles. The monoisotopic (exact) mass is 345 g/mol. The van der Waals surface area contributed by atoms with E-state index >= 15 is 0 Å². The van der Waals surface area contributed by atoms with Crippen LogP contribution < -0.4 is 5.73 Å². The van der Waals surface area contributed by atoms with E-state index in [1.54, 1.807) is 16.2 Å². The van der Waals surface area contributed by atoms with Crippen molar-refractivity contribution in [3.8, 4) is 5.00 Å². The molecule has 2 aromatic rings. The highest BCUT2D eigenvalue weighted by Gasteiger charge is 2.44. The Bertz CT molecular complexity index is 811. The maximum atomic E-state index is 13.2. The molecule has 0 radical (unpaired) electrons. The van der Waals surface area contributed by atoms with Gasteiger partial charge in [-0.15, -0.1) is 11.3 Å². The molecule has 1 fully saturated rings. The second kappa shape index (κ2) is 5.46. The van der Waals surface area contributed by atoms with Gasteiger partial charge in [0.25, 0.3) is 11.8 Å². The average molecular weight is 345 g/mol. The zero-order valence-electron chi connectivity index (χ0n) is 13.2. The Morgan fingerprint density at radius 1 is 1.25 bits per heavy atom. The predicted octanol–water partition coefficient (Wildman–Crippen LogP) is 1.09. The number of hydrogen-bond acceptors (Lipinski definition) is 4. The topological polar surface area (TPSA) is 88.6 Å². The number of likely N-dealkylation sites (tertiary alicyclic amines) is 1. The van der Waals surface area contributed by atoms with Crippen LogP contribution >= 0.6 is 11.3 Å². The van der Waals surface area contributed by atoms with E-state index in [0.29, 0.717) is 6.54 Å². The summed E-state index contributed by atoms with van der Waals surface area (Å²) in [5.41, 5.74) is 5.52. The predicted molar refractivity (Wildman–Crippen MR) is 90.3 cm³/mol. The van der Waals surface area contributed by atoms with Crippen molar-refractivity contribution in [2.75, 3.05) is 13.1 Å². The number of nitrogens with two attached hydrogens (primary N) is 1. The molecule has 7 heteroatoms. The summed E-state index contributed by atoms with van der Waals surface area (Å²) in [4.78, 5) is 27.4. The Balaban J connectivity index is 1.72. The number of carbonyl (C=O) groups is 2. The van der Waals surface area contributed by atoms with Crippen molar-refractivity contribution < 1.29 is 14.7 Å². The highest BCUT2D eigenvalue weighted by atomic mass is 32.1. The molecule has 3 N–H and O–H groups in total. The van der Waals surface area contributed by atoms with Crippen LogP contribution in [0.1, 0.15) is 33.6 Å². The van der Waals surface area contributed by atoms with Gasteiger partial charge in [0.2, 0.25) is 0 Å². The first-order valence-electron chi connectivity index (χ1n) is 8.09. The van der Waals surface area contributed by atoms with Crippen LogP contribution in [-0.2, 0) is 17.6 Å². The fraction of sp³-hybridized carbons (Fsp3) is 0.412. The minimum absolute atomic E-state index is 0.0308. The van der Waals surface area contributed by atoms with Crippen molar-refractivity contribution in [1.29, 1.82) is 0 Å². The normalized spacial score (nSPS) is 22.8. The van der Waals surface area contributed by atoms with Gasteiger partial charge in [0.15, 0.2) is 5.60 Å². The second-order valence-electron chi connectivity index (χ2n) is 6.50. The lowest BCUT2D eigenvalue weighted by Crippen LogP contribution is -2.46. The first-order valence-corrected chi connectivity index (χ1v) is 8.91. The van der Waals surface area contributed by atoms with Crippen LogP contribution in [0, 0.1) is 0 Å². The molecule has 126 valence electrons. The maximum absolute atomic E-state index is 13.2. The van der Waals surface area contributed by atoms with Gasteiger partial charge in [0, 0.05) is 30.2 Å². The van der Waals surface area contributed by atoms with Gasteiger partial charge in [-0.05, 0) is 37.0 Å². The number of primary amides is 1. The summed E-state index contributed by atoms with van der Waals surface area (Å²) >= 11 is 1.66. The third kappa shape index (κ3) is 2.27. The third-order valence-corrected chi connectivity index (χ3v) is 6.25. The number of aromatic nitrogens is 1. The maximum Gasteiger partial charge on any atom is 0.257 e. The van der Waals surface area contributed by atoms with Crippen LogP contribution in [0.25, 0.3) is 5.00 Å². The lowest BCUT2D eigenvalue weighted by Gasteiger charge is -2.21. The van der Waals surface area contributed by atoms with Gasteiger partial charge >= 0.3 is 0 Å². The van der Waals surface area contributed by atoms with E-state index in [9.17, 15) is 14.7 Å². The Morgan fingerprint density at radius 3 is 2.67 bits per heavy atom. The van der Waals surface area contributed by atoms with Crippen LogP contribution in [0.15, 0.2) is 24.5 Å². The summed E-state index contributed by atoms with van der Waals surface area (Å²) in [5.74, 6) is -0.880. The molecule has 2 aliphatic rings. The molecular weight excluding hydrogens is 326 g/mol. The Hall–Kier alpha value is -2.12. The summed E-state index contributed by atoms with van der Waals surface area (Å²) in [5, 5.41) is 11.2. The van der Waals surface area contributed by atoms with Crippen molar-refractivity contribution in [1.82, 2.24) is 9.47 Å². The quantitative estimate of drug-likeness (QED) is 0.873. The number of thiophene rings is 1. The third-order valence-electron chi connectivity index (χ3n) is 4.95. The SMILES string of the molecule is NC(=O)C1(O)CCN(C(=O)c2c(-n3cccc3)sc3c2CCC3)C1. The fourth-order valence-electron chi connectivity index (χ4n) is 3.59. The number of amides is 2. The summed E-state index contributed by atoms with van der Waals surface area (Å²) in [7, 11) is 0. The fourth-order valence-corrected chi connectivity index (χ4v) is 4.94. The minimum atomic E-state index is -1.61.